The Morgan fingerprint density at radius 1 is 1.31 bits per heavy atom. The fourth-order valence-corrected chi connectivity index (χ4v) is 2.49. The van der Waals surface area contributed by atoms with Crippen molar-refractivity contribution in [3.8, 4) is 0 Å². The van der Waals surface area contributed by atoms with Gasteiger partial charge in [0, 0.05) is 38.3 Å². The summed E-state index contributed by atoms with van der Waals surface area (Å²) in [5.74, 6) is 0. The molecule has 0 saturated carbocycles. The molecule has 2 unspecified atom stereocenters. The van der Waals surface area contributed by atoms with Gasteiger partial charge in [-0.3, -0.25) is 4.90 Å². The minimum absolute atomic E-state index is 0.614. The molecule has 96 valence electrons. The molecule has 0 aromatic carbocycles. The molecule has 2 N–H and O–H groups in total. The summed E-state index contributed by atoms with van der Waals surface area (Å²) >= 11 is 0. The number of hydrogen-bond donors (Lipinski definition) is 1. The van der Waals surface area contributed by atoms with Crippen molar-refractivity contribution in [3.05, 3.63) is 0 Å². The molecule has 0 aromatic rings. The van der Waals surface area contributed by atoms with Gasteiger partial charge in [-0.1, -0.05) is 26.2 Å². The monoisotopic (exact) mass is 227 g/mol. The fraction of sp³-hybridized carbons (Fsp3) is 1.00. The minimum atomic E-state index is 0.614. The minimum Gasteiger partial charge on any atom is -0.329 e. The standard InChI is InChI=1S/C13H29N3/c1-4-5-6-7-13(10-14)16-9-8-15(3)12(2)11-16/h12-13H,4-11,14H2,1-3H3. The van der Waals surface area contributed by atoms with Crippen LogP contribution < -0.4 is 5.73 Å². The molecule has 0 bridgehead atoms. The third-order valence-corrected chi connectivity index (χ3v) is 3.92. The van der Waals surface area contributed by atoms with Gasteiger partial charge in [0.2, 0.25) is 0 Å². The molecule has 16 heavy (non-hydrogen) atoms. The van der Waals surface area contributed by atoms with Crippen molar-refractivity contribution >= 4 is 0 Å². The first-order chi connectivity index (χ1) is 7.69. The van der Waals surface area contributed by atoms with Gasteiger partial charge in [0.25, 0.3) is 0 Å². The summed E-state index contributed by atoms with van der Waals surface area (Å²) in [6.45, 7) is 8.95. The van der Waals surface area contributed by atoms with Crippen LogP contribution in [0.15, 0.2) is 0 Å². The molecule has 0 aromatic heterocycles. The molecule has 1 rings (SSSR count). The lowest BCUT2D eigenvalue weighted by atomic mass is 10.0. The Morgan fingerprint density at radius 3 is 2.62 bits per heavy atom. The summed E-state index contributed by atoms with van der Waals surface area (Å²) in [4.78, 5) is 5.04. The number of nitrogens with two attached hydrogens (primary N) is 1. The lowest BCUT2D eigenvalue weighted by molar-refractivity contribution is 0.0704. The predicted molar refractivity (Wildman–Crippen MR) is 70.6 cm³/mol. The van der Waals surface area contributed by atoms with Crippen LogP contribution in [-0.2, 0) is 0 Å². The maximum atomic E-state index is 5.91. The number of nitrogens with zero attached hydrogens (tertiary/aromatic N) is 2. The summed E-state index contributed by atoms with van der Waals surface area (Å²) in [5, 5.41) is 0. The van der Waals surface area contributed by atoms with Gasteiger partial charge >= 0.3 is 0 Å². The van der Waals surface area contributed by atoms with Gasteiger partial charge in [-0.05, 0) is 20.4 Å². The summed E-state index contributed by atoms with van der Waals surface area (Å²) in [6, 6.07) is 1.29. The first-order valence-electron chi connectivity index (χ1n) is 6.83. The van der Waals surface area contributed by atoms with E-state index in [9.17, 15) is 0 Å². The third kappa shape index (κ3) is 4.04. The van der Waals surface area contributed by atoms with E-state index in [4.69, 9.17) is 5.73 Å². The normalized spacial score (nSPS) is 25.9. The summed E-state index contributed by atoms with van der Waals surface area (Å²) in [5.41, 5.74) is 5.91. The zero-order valence-corrected chi connectivity index (χ0v) is 11.3. The first-order valence-corrected chi connectivity index (χ1v) is 6.83. The zero-order chi connectivity index (χ0) is 12.0. The maximum absolute atomic E-state index is 5.91. The van der Waals surface area contributed by atoms with E-state index in [-0.39, 0.29) is 0 Å². The Morgan fingerprint density at radius 2 is 2.06 bits per heavy atom. The second-order valence-electron chi connectivity index (χ2n) is 5.21. The Hall–Kier alpha value is -0.120. The number of rotatable bonds is 6. The van der Waals surface area contributed by atoms with Crippen molar-refractivity contribution in [2.45, 2.75) is 51.6 Å². The van der Waals surface area contributed by atoms with Gasteiger partial charge in [-0.25, -0.2) is 0 Å². The highest BCUT2D eigenvalue weighted by Crippen LogP contribution is 2.14. The van der Waals surface area contributed by atoms with Crippen LogP contribution >= 0.6 is 0 Å². The molecule has 3 nitrogen and oxygen atoms in total. The van der Waals surface area contributed by atoms with Crippen molar-refractivity contribution in [2.24, 2.45) is 5.73 Å². The van der Waals surface area contributed by atoms with Crippen molar-refractivity contribution < 1.29 is 0 Å². The molecular weight excluding hydrogens is 198 g/mol. The lowest BCUT2D eigenvalue weighted by Crippen LogP contribution is -2.55. The van der Waals surface area contributed by atoms with Gasteiger partial charge in [0.1, 0.15) is 0 Å². The highest BCUT2D eigenvalue weighted by Gasteiger charge is 2.25. The van der Waals surface area contributed by atoms with E-state index >= 15 is 0 Å². The molecule has 2 atom stereocenters. The fourth-order valence-electron chi connectivity index (χ4n) is 2.49. The second-order valence-corrected chi connectivity index (χ2v) is 5.21. The van der Waals surface area contributed by atoms with Crippen molar-refractivity contribution in [1.29, 1.82) is 0 Å². The van der Waals surface area contributed by atoms with Crippen LogP contribution in [0, 0.1) is 0 Å². The van der Waals surface area contributed by atoms with E-state index in [0.29, 0.717) is 12.1 Å². The SMILES string of the molecule is CCCCCC(CN)N1CCN(C)C(C)C1. The quantitative estimate of drug-likeness (QED) is 0.699. The number of piperazine rings is 1. The van der Waals surface area contributed by atoms with Gasteiger partial charge in [-0.15, -0.1) is 0 Å². The van der Waals surface area contributed by atoms with Crippen molar-refractivity contribution in [1.82, 2.24) is 9.80 Å². The Kier molecular flexibility index (Phi) is 6.32. The molecule has 1 heterocycles. The Balaban J connectivity index is 2.34. The maximum Gasteiger partial charge on any atom is 0.0219 e. The smallest absolute Gasteiger partial charge is 0.0219 e. The highest BCUT2D eigenvalue weighted by atomic mass is 15.3. The Bertz CT molecular complexity index is 184. The molecule has 0 radical (unpaired) electrons. The number of likely N-dealkylation sites (N-methyl/N-ethyl adjacent to an activating group) is 1. The zero-order valence-electron chi connectivity index (χ0n) is 11.3. The van der Waals surface area contributed by atoms with Crippen LogP contribution in [0.3, 0.4) is 0 Å². The van der Waals surface area contributed by atoms with E-state index in [0.717, 1.165) is 6.54 Å². The lowest BCUT2D eigenvalue weighted by Gasteiger charge is -2.41. The van der Waals surface area contributed by atoms with E-state index in [2.05, 4.69) is 30.7 Å². The van der Waals surface area contributed by atoms with Gasteiger partial charge in [0.05, 0.1) is 0 Å². The van der Waals surface area contributed by atoms with E-state index in [1.807, 2.05) is 0 Å². The molecule has 1 aliphatic heterocycles. The van der Waals surface area contributed by atoms with E-state index in [1.165, 1.54) is 45.3 Å². The molecule has 3 heteroatoms. The third-order valence-electron chi connectivity index (χ3n) is 3.92. The summed E-state index contributed by atoms with van der Waals surface area (Å²) in [6.07, 6.45) is 5.26. The van der Waals surface area contributed by atoms with Crippen LogP contribution in [0.4, 0.5) is 0 Å². The summed E-state index contributed by atoms with van der Waals surface area (Å²) in [7, 11) is 2.22. The molecule has 1 aliphatic rings. The second kappa shape index (κ2) is 7.25. The summed E-state index contributed by atoms with van der Waals surface area (Å²) < 4.78 is 0. The van der Waals surface area contributed by atoms with Gasteiger partial charge in [-0.2, -0.15) is 0 Å². The average molecular weight is 227 g/mol. The molecule has 0 aliphatic carbocycles. The van der Waals surface area contributed by atoms with Gasteiger partial charge in [0.15, 0.2) is 0 Å². The number of hydrogen-bond acceptors (Lipinski definition) is 3. The molecular formula is C13H29N3. The molecule has 0 amide bonds. The predicted octanol–water partition coefficient (Wildman–Crippen LogP) is 1.53. The van der Waals surface area contributed by atoms with Crippen LogP contribution in [0.5, 0.6) is 0 Å². The first kappa shape index (κ1) is 13.9. The van der Waals surface area contributed by atoms with Gasteiger partial charge < -0.3 is 10.6 Å². The largest absolute Gasteiger partial charge is 0.329 e. The van der Waals surface area contributed by atoms with E-state index in [1.54, 1.807) is 0 Å². The molecule has 1 saturated heterocycles. The van der Waals surface area contributed by atoms with Crippen molar-refractivity contribution in [3.63, 3.8) is 0 Å². The van der Waals surface area contributed by atoms with E-state index < -0.39 is 0 Å². The highest BCUT2D eigenvalue weighted by molar-refractivity contribution is 4.82. The number of unbranched alkanes of at least 4 members (excludes halogenated alkanes) is 2. The van der Waals surface area contributed by atoms with Crippen LogP contribution in [0.2, 0.25) is 0 Å². The average Bonchev–Trinajstić information content (AvgIpc) is 2.29. The van der Waals surface area contributed by atoms with Crippen LogP contribution in [0.1, 0.15) is 39.5 Å². The molecule has 0 spiro atoms. The molecule has 1 fully saturated rings. The van der Waals surface area contributed by atoms with Crippen LogP contribution in [-0.4, -0.2) is 55.1 Å². The van der Waals surface area contributed by atoms with Crippen LogP contribution in [0.25, 0.3) is 0 Å². The Labute approximate surface area is 101 Å². The topological polar surface area (TPSA) is 32.5 Å². The van der Waals surface area contributed by atoms with Crippen molar-refractivity contribution in [2.75, 3.05) is 33.2 Å².